The third-order valence-corrected chi connectivity index (χ3v) is 9.02. The van der Waals surface area contributed by atoms with Gasteiger partial charge in [-0.1, -0.05) is 139 Å². The van der Waals surface area contributed by atoms with Gasteiger partial charge in [0.15, 0.2) is 0 Å². The van der Waals surface area contributed by atoms with Crippen LogP contribution < -0.4 is 4.74 Å². The molecule has 1 heterocycles. The summed E-state index contributed by atoms with van der Waals surface area (Å²) in [6.45, 7) is 0. The van der Waals surface area contributed by atoms with E-state index in [0.717, 1.165) is 54.9 Å². The molecule has 9 aromatic carbocycles. The lowest BCUT2D eigenvalue weighted by atomic mass is 9.86. The number of rotatable bonds is 3. The Morgan fingerprint density at radius 1 is 0.362 bits per heavy atom. The maximum atomic E-state index is 9.41. The largest absolute Gasteiger partial charge is 0.456 e. The molecular formula is C46H28O. The Kier molecular flexibility index (Phi) is 3.79. The summed E-state index contributed by atoms with van der Waals surface area (Å²) in [5, 5.41) is 4.38. The van der Waals surface area contributed by atoms with Gasteiger partial charge in [0, 0.05) is 10.9 Å². The molecular weight excluding hydrogens is 569 g/mol. The summed E-state index contributed by atoms with van der Waals surface area (Å²) >= 11 is 0. The monoisotopic (exact) mass is 607 g/mol. The van der Waals surface area contributed by atoms with Crippen molar-refractivity contribution in [2.24, 2.45) is 0 Å². The van der Waals surface area contributed by atoms with Crippen molar-refractivity contribution < 1.29 is 19.8 Å². The van der Waals surface area contributed by atoms with E-state index in [1.165, 1.54) is 0 Å². The zero-order valence-corrected chi connectivity index (χ0v) is 24.7. The predicted octanol–water partition coefficient (Wildman–Crippen LogP) is 13.1. The lowest BCUT2D eigenvalue weighted by Gasteiger charge is -2.24. The van der Waals surface area contributed by atoms with Crippen LogP contribution in [-0.2, 0) is 0 Å². The van der Waals surface area contributed by atoms with E-state index >= 15 is 0 Å². The van der Waals surface area contributed by atoms with Gasteiger partial charge in [-0.2, -0.15) is 0 Å². The van der Waals surface area contributed by atoms with Gasteiger partial charge in [0.05, 0.1) is 15.1 Å². The highest BCUT2D eigenvalue weighted by atomic mass is 16.5. The topological polar surface area (TPSA) is 9.23 Å². The molecule has 10 rings (SSSR count). The first kappa shape index (κ1) is 17.5. The molecule has 0 radical (unpaired) electrons. The summed E-state index contributed by atoms with van der Waals surface area (Å²) in [5.41, 5.74) is 3.75. The summed E-state index contributed by atoms with van der Waals surface area (Å²) in [6, 6.07) is 27.5. The van der Waals surface area contributed by atoms with Crippen LogP contribution >= 0.6 is 0 Å². The summed E-state index contributed by atoms with van der Waals surface area (Å²) in [4.78, 5) is 0. The SMILES string of the molecule is [2H]c1c([2H])c(-c2c([2H])c([2H])c([2H])c3c([2H])c([2H])c([2H])c([2H])c23)c([2H])c([2H])c1-c1cc2c3cccc4c3c(cc2c2ccccc12)-c1ccc(-c2ccccc2)cc1O4. The average molecular weight is 608 g/mol. The maximum absolute atomic E-state index is 9.41. The molecule has 0 saturated carbocycles. The van der Waals surface area contributed by atoms with Crippen LogP contribution in [0.3, 0.4) is 0 Å². The quantitative estimate of drug-likeness (QED) is 0.182. The van der Waals surface area contributed by atoms with Crippen LogP contribution in [0.25, 0.3) is 87.6 Å². The molecule has 1 aliphatic heterocycles. The van der Waals surface area contributed by atoms with Crippen molar-refractivity contribution in [2.75, 3.05) is 0 Å². The lowest BCUT2D eigenvalue weighted by Crippen LogP contribution is -1.98. The molecule has 47 heavy (non-hydrogen) atoms. The van der Waals surface area contributed by atoms with Crippen LogP contribution in [0.5, 0.6) is 11.5 Å². The molecule has 1 aliphatic rings. The minimum absolute atomic E-state index is 0.00769. The lowest BCUT2D eigenvalue weighted by molar-refractivity contribution is 0.487. The first-order valence-corrected chi connectivity index (χ1v) is 15.3. The van der Waals surface area contributed by atoms with Gasteiger partial charge in [-0.05, 0) is 107 Å². The van der Waals surface area contributed by atoms with Crippen LogP contribution in [0.1, 0.15) is 15.1 Å². The van der Waals surface area contributed by atoms with Gasteiger partial charge < -0.3 is 4.74 Å². The van der Waals surface area contributed by atoms with Crippen molar-refractivity contribution in [2.45, 2.75) is 0 Å². The summed E-state index contributed by atoms with van der Waals surface area (Å²) < 4.78 is 104. The third kappa shape index (κ3) is 4.03. The van der Waals surface area contributed by atoms with Gasteiger partial charge in [-0.15, -0.1) is 0 Å². The minimum atomic E-state index is -0.656. The Labute approximate surface area is 288 Å². The molecule has 0 amide bonds. The van der Waals surface area contributed by atoms with E-state index in [1.54, 1.807) is 0 Å². The summed E-state index contributed by atoms with van der Waals surface area (Å²) in [6.07, 6.45) is 0. The molecule has 0 atom stereocenters. The second kappa shape index (κ2) is 10.2. The van der Waals surface area contributed by atoms with Crippen molar-refractivity contribution in [3.8, 4) is 56.0 Å². The van der Waals surface area contributed by atoms with E-state index in [2.05, 4.69) is 36.4 Å². The zero-order chi connectivity index (χ0) is 40.5. The van der Waals surface area contributed by atoms with E-state index in [4.69, 9.17) is 14.3 Å². The van der Waals surface area contributed by atoms with Crippen molar-refractivity contribution in [3.05, 3.63) is 170 Å². The number of ether oxygens (including phenoxy) is 1. The molecule has 0 fully saturated rings. The molecule has 0 bridgehead atoms. The fraction of sp³-hybridized carbons (Fsp3) is 0. The van der Waals surface area contributed by atoms with Crippen molar-refractivity contribution in [1.29, 1.82) is 0 Å². The standard InChI is InChI=1S/C46H28O/c1-2-10-29(11-3-1)33-24-25-38-43-28-41-37-16-7-6-15-36(37)40(27-42(41)39-18-9-19-44(46(39)43)47-45(38)26-33)32-22-20-31(21-23-32)35-17-8-13-30-12-4-5-14-34(30)35/h1-28H/i4D,5D,8D,12D,13D,14D,17D,20D,21D,22D,23D. The minimum Gasteiger partial charge on any atom is -0.456 e. The molecule has 0 aromatic heterocycles. The second-order valence-electron chi connectivity index (χ2n) is 11.6. The number of fused-ring (bicyclic) bond motifs is 7. The smallest absolute Gasteiger partial charge is 0.135 e. The Bertz CT molecular complexity index is 3290. The Morgan fingerprint density at radius 3 is 1.94 bits per heavy atom. The number of hydrogen-bond donors (Lipinski definition) is 0. The third-order valence-electron chi connectivity index (χ3n) is 9.02. The van der Waals surface area contributed by atoms with E-state index < -0.39 is 66.5 Å². The molecule has 1 nitrogen and oxygen atoms in total. The highest BCUT2D eigenvalue weighted by molar-refractivity contribution is 6.25. The molecule has 0 saturated heterocycles. The Morgan fingerprint density at radius 2 is 1.06 bits per heavy atom. The first-order chi connectivity index (χ1) is 27.9. The van der Waals surface area contributed by atoms with Crippen LogP contribution in [0.2, 0.25) is 0 Å². The highest BCUT2D eigenvalue weighted by Gasteiger charge is 2.23. The van der Waals surface area contributed by atoms with Crippen LogP contribution in [-0.4, -0.2) is 0 Å². The van der Waals surface area contributed by atoms with E-state index in [0.29, 0.717) is 16.7 Å². The second-order valence-corrected chi connectivity index (χ2v) is 11.6. The van der Waals surface area contributed by atoms with Gasteiger partial charge in [0.25, 0.3) is 0 Å². The van der Waals surface area contributed by atoms with Crippen molar-refractivity contribution in [1.82, 2.24) is 0 Å². The molecule has 0 unspecified atom stereocenters. The van der Waals surface area contributed by atoms with Crippen LogP contribution in [0.4, 0.5) is 0 Å². The average Bonchev–Trinajstić information content (AvgIpc) is 3.24. The maximum Gasteiger partial charge on any atom is 0.135 e. The Balaban J connectivity index is 1.25. The van der Waals surface area contributed by atoms with Gasteiger partial charge in [-0.25, -0.2) is 0 Å². The van der Waals surface area contributed by atoms with E-state index in [1.807, 2.05) is 66.7 Å². The molecule has 218 valence electrons. The van der Waals surface area contributed by atoms with Crippen LogP contribution in [0, 0.1) is 0 Å². The van der Waals surface area contributed by atoms with Crippen molar-refractivity contribution >= 4 is 43.1 Å². The number of benzene rings is 9. The molecule has 0 spiro atoms. The van der Waals surface area contributed by atoms with E-state index in [-0.39, 0.29) is 27.5 Å². The van der Waals surface area contributed by atoms with Gasteiger partial charge in [0.1, 0.15) is 11.5 Å². The molecule has 1 heteroatoms. The van der Waals surface area contributed by atoms with Gasteiger partial charge in [-0.3, -0.25) is 0 Å². The molecule has 0 N–H and O–H groups in total. The normalized spacial score (nSPS) is 15.3. The molecule has 0 aliphatic carbocycles. The van der Waals surface area contributed by atoms with Gasteiger partial charge >= 0.3 is 0 Å². The predicted molar refractivity (Wildman–Crippen MR) is 198 cm³/mol. The van der Waals surface area contributed by atoms with E-state index in [9.17, 15) is 5.48 Å². The van der Waals surface area contributed by atoms with Crippen molar-refractivity contribution in [3.63, 3.8) is 0 Å². The first-order valence-electron chi connectivity index (χ1n) is 20.8. The van der Waals surface area contributed by atoms with Gasteiger partial charge in [0.2, 0.25) is 0 Å². The molecule has 9 aromatic rings. The zero-order valence-electron chi connectivity index (χ0n) is 35.7. The fourth-order valence-corrected chi connectivity index (χ4v) is 6.86. The Hall–Kier alpha value is -6.18. The number of hydrogen-bond acceptors (Lipinski definition) is 1. The highest BCUT2D eigenvalue weighted by Crippen LogP contribution is 2.51. The fourth-order valence-electron chi connectivity index (χ4n) is 6.86. The summed E-state index contributed by atoms with van der Waals surface area (Å²) in [5.74, 6) is 1.42. The van der Waals surface area contributed by atoms with Crippen LogP contribution in [0.15, 0.2) is 170 Å². The summed E-state index contributed by atoms with van der Waals surface area (Å²) in [7, 11) is 0.